The Morgan fingerprint density at radius 3 is 2.94 bits per heavy atom. The van der Waals surface area contributed by atoms with E-state index >= 15 is 0 Å². The van der Waals surface area contributed by atoms with E-state index in [4.69, 9.17) is 16.9 Å². The quantitative estimate of drug-likeness (QED) is 0.599. The lowest BCUT2D eigenvalue weighted by atomic mass is 10.3. The molecule has 2 heterocycles. The van der Waals surface area contributed by atoms with Gasteiger partial charge in [-0.15, -0.1) is 0 Å². The van der Waals surface area contributed by atoms with Gasteiger partial charge in [-0.1, -0.05) is 23.7 Å². The number of rotatable bonds is 2. The fraction of sp³-hybridized carbons (Fsp3) is 0.0833. The second-order valence-corrected chi connectivity index (χ2v) is 3.77. The minimum Gasteiger partial charge on any atom is -0.328 e. The van der Waals surface area contributed by atoms with Crippen LogP contribution < -0.4 is 5.49 Å². The predicted octanol–water partition coefficient (Wildman–Crippen LogP) is 1.97. The van der Waals surface area contributed by atoms with Crippen LogP contribution in [0.25, 0.3) is 0 Å². The Bertz CT molecular complexity index is 607. The van der Waals surface area contributed by atoms with Gasteiger partial charge in [-0.2, -0.15) is 10.3 Å². The van der Waals surface area contributed by atoms with Crippen LogP contribution in [0.1, 0.15) is 5.56 Å². The lowest BCUT2D eigenvalue weighted by Crippen LogP contribution is -2.19. The highest BCUT2D eigenvalue weighted by molar-refractivity contribution is 6.29. The van der Waals surface area contributed by atoms with Crippen LogP contribution in [0, 0.1) is 11.5 Å². The molecule has 0 saturated heterocycles. The molecule has 0 aliphatic heterocycles. The highest BCUT2D eigenvalue weighted by Gasteiger charge is 1.97. The molecule has 0 fully saturated rings. The summed E-state index contributed by atoms with van der Waals surface area (Å²) in [5.74, 6) is 0. The second-order valence-electron chi connectivity index (χ2n) is 3.39. The molecule has 0 N–H and O–H groups in total. The molecule has 0 atom stereocenters. The first-order chi connectivity index (χ1) is 8.29. The second kappa shape index (κ2) is 5.28. The summed E-state index contributed by atoms with van der Waals surface area (Å²) in [6, 6.07) is 9.14. The van der Waals surface area contributed by atoms with Gasteiger partial charge in [0.25, 0.3) is 0 Å². The van der Waals surface area contributed by atoms with E-state index in [-0.39, 0.29) is 0 Å². The zero-order valence-corrected chi connectivity index (χ0v) is 9.67. The third-order valence-electron chi connectivity index (χ3n) is 2.22. The van der Waals surface area contributed by atoms with E-state index in [9.17, 15) is 0 Å². The number of halogens is 1. The van der Waals surface area contributed by atoms with Gasteiger partial charge in [-0.25, -0.2) is 4.98 Å². The van der Waals surface area contributed by atoms with Crippen LogP contribution in [0.2, 0.25) is 5.15 Å². The molecule has 0 unspecified atom stereocenters. The lowest BCUT2D eigenvalue weighted by molar-refractivity contribution is 0.741. The first-order valence-corrected chi connectivity index (χ1v) is 5.36. The van der Waals surface area contributed by atoms with E-state index in [1.54, 1.807) is 24.5 Å². The molecule has 0 spiro atoms. The van der Waals surface area contributed by atoms with Crippen molar-refractivity contribution in [1.29, 1.82) is 5.26 Å². The summed E-state index contributed by atoms with van der Waals surface area (Å²) >= 11 is 5.72. The molecule has 0 saturated carbocycles. The van der Waals surface area contributed by atoms with Crippen molar-refractivity contribution in [3.05, 3.63) is 58.9 Å². The maximum atomic E-state index is 8.59. The molecule has 4 nitrogen and oxygen atoms in total. The summed E-state index contributed by atoms with van der Waals surface area (Å²) < 4.78 is 1.87. The van der Waals surface area contributed by atoms with Gasteiger partial charge in [0, 0.05) is 12.4 Å². The van der Waals surface area contributed by atoms with Crippen LogP contribution in [0.3, 0.4) is 0 Å². The molecule has 0 aromatic carbocycles. The maximum Gasteiger partial charge on any atom is 0.207 e. The Kier molecular flexibility index (Phi) is 3.53. The van der Waals surface area contributed by atoms with Crippen molar-refractivity contribution < 1.29 is 0 Å². The number of nitriles is 1. The molecule has 2 rings (SSSR count). The van der Waals surface area contributed by atoms with Gasteiger partial charge in [0.05, 0.1) is 6.54 Å². The summed E-state index contributed by atoms with van der Waals surface area (Å²) in [6.45, 7) is 0.603. The van der Waals surface area contributed by atoms with Crippen LogP contribution in [0.5, 0.6) is 0 Å². The van der Waals surface area contributed by atoms with Crippen molar-refractivity contribution in [1.82, 2.24) is 9.55 Å². The number of pyridine rings is 2. The van der Waals surface area contributed by atoms with Crippen molar-refractivity contribution in [3.8, 4) is 6.19 Å². The van der Waals surface area contributed by atoms with Gasteiger partial charge >= 0.3 is 0 Å². The van der Waals surface area contributed by atoms with Crippen molar-refractivity contribution in [2.45, 2.75) is 6.54 Å². The molecule has 0 bridgehead atoms. The smallest absolute Gasteiger partial charge is 0.207 e. The summed E-state index contributed by atoms with van der Waals surface area (Å²) in [4.78, 5) is 7.75. The van der Waals surface area contributed by atoms with Crippen LogP contribution in [-0.4, -0.2) is 9.55 Å². The maximum absolute atomic E-state index is 8.59. The van der Waals surface area contributed by atoms with Crippen molar-refractivity contribution >= 4 is 11.6 Å². The number of hydrogen-bond donors (Lipinski definition) is 0. The summed E-state index contributed by atoms with van der Waals surface area (Å²) in [6.07, 6.45) is 5.36. The van der Waals surface area contributed by atoms with E-state index in [1.165, 1.54) is 0 Å². The molecular weight excluding hydrogens is 236 g/mol. The van der Waals surface area contributed by atoms with Crippen LogP contribution in [0.15, 0.2) is 47.7 Å². The molecule has 17 heavy (non-hydrogen) atoms. The van der Waals surface area contributed by atoms with Gasteiger partial charge < -0.3 is 4.57 Å². The molecule has 84 valence electrons. The average molecular weight is 245 g/mol. The van der Waals surface area contributed by atoms with Crippen molar-refractivity contribution in [2.24, 2.45) is 4.99 Å². The van der Waals surface area contributed by atoms with Gasteiger partial charge in [0.1, 0.15) is 10.6 Å². The van der Waals surface area contributed by atoms with Crippen LogP contribution in [-0.2, 0) is 6.54 Å². The molecule has 2 aromatic rings. The highest BCUT2D eigenvalue weighted by Crippen LogP contribution is 2.05. The van der Waals surface area contributed by atoms with Crippen LogP contribution in [0.4, 0.5) is 0 Å². The molecule has 2 aromatic heterocycles. The molecule has 5 heteroatoms. The molecule has 0 radical (unpaired) electrons. The van der Waals surface area contributed by atoms with Gasteiger partial charge in [-0.05, 0) is 23.8 Å². The van der Waals surface area contributed by atoms with E-state index in [1.807, 2.05) is 29.0 Å². The summed E-state index contributed by atoms with van der Waals surface area (Å²) in [7, 11) is 0. The molecule has 0 amide bonds. The number of aromatic nitrogens is 2. The molecule has 0 aliphatic carbocycles. The Morgan fingerprint density at radius 1 is 1.35 bits per heavy atom. The first kappa shape index (κ1) is 11.4. The van der Waals surface area contributed by atoms with Gasteiger partial charge in [-0.3, -0.25) is 0 Å². The minimum absolute atomic E-state index is 0.466. The van der Waals surface area contributed by atoms with E-state index in [2.05, 4.69) is 9.98 Å². The largest absolute Gasteiger partial charge is 0.328 e. The summed E-state index contributed by atoms with van der Waals surface area (Å²) in [5.41, 5.74) is 1.62. The monoisotopic (exact) mass is 244 g/mol. The predicted molar refractivity (Wildman–Crippen MR) is 64.0 cm³/mol. The van der Waals surface area contributed by atoms with Crippen LogP contribution >= 0.6 is 11.6 Å². The topological polar surface area (TPSA) is 54.0 Å². The molecule has 0 aliphatic rings. The van der Waals surface area contributed by atoms with E-state index in [0.29, 0.717) is 17.2 Å². The third-order valence-corrected chi connectivity index (χ3v) is 2.45. The Balaban J connectivity index is 2.34. The average Bonchev–Trinajstić information content (AvgIpc) is 2.35. The first-order valence-electron chi connectivity index (χ1n) is 4.98. The fourth-order valence-corrected chi connectivity index (χ4v) is 1.56. The number of hydrogen-bond acceptors (Lipinski definition) is 3. The normalized spacial score (nSPS) is 11.2. The van der Waals surface area contributed by atoms with E-state index < -0.39 is 0 Å². The number of nitrogens with zero attached hydrogens (tertiary/aromatic N) is 4. The Labute approximate surface area is 103 Å². The summed E-state index contributed by atoms with van der Waals surface area (Å²) in [5, 5.41) is 9.05. The molecular formula is C12H9ClN4. The minimum atomic E-state index is 0.466. The Morgan fingerprint density at radius 2 is 2.24 bits per heavy atom. The zero-order valence-electron chi connectivity index (χ0n) is 8.92. The van der Waals surface area contributed by atoms with Crippen molar-refractivity contribution in [2.75, 3.05) is 0 Å². The van der Waals surface area contributed by atoms with E-state index in [0.717, 1.165) is 5.56 Å². The fourth-order valence-electron chi connectivity index (χ4n) is 1.45. The Hall–Kier alpha value is -2.12. The highest BCUT2D eigenvalue weighted by atomic mass is 35.5. The lowest BCUT2D eigenvalue weighted by Gasteiger charge is -2.06. The zero-order chi connectivity index (χ0) is 12.1. The standard InChI is InChI=1S/C12H9ClN4/c13-11-5-4-10(7-15-11)8-17-6-2-1-3-12(17)16-9-14/h1-7H,8H2/b16-12+. The van der Waals surface area contributed by atoms with Crippen molar-refractivity contribution in [3.63, 3.8) is 0 Å². The SMILES string of the molecule is N#C/N=c1\ccccn1Cc1ccc(Cl)nc1. The van der Waals surface area contributed by atoms with Gasteiger partial charge in [0.2, 0.25) is 6.19 Å². The van der Waals surface area contributed by atoms with Gasteiger partial charge in [0.15, 0.2) is 0 Å². The third kappa shape index (κ3) is 2.92.